The van der Waals surface area contributed by atoms with Crippen molar-refractivity contribution in [3.63, 3.8) is 0 Å². The van der Waals surface area contributed by atoms with Crippen LogP contribution in [0.3, 0.4) is 0 Å². The molecule has 0 bridgehead atoms. The first kappa shape index (κ1) is 17.8. The minimum absolute atomic E-state index is 0.0769. The number of unbranched alkanes of at least 4 members (excludes halogenated alkanes) is 1. The molecule has 0 saturated carbocycles. The lowest BCUT2D eigenvalue weighted by molar-refractivity contribution is 0.236. The third-order valence-corrected chi connectivity index (χ3v) is 4.55. The van der Waals surface area contributed by atoms with Gasteiger partial charge in [0.15, 0.2) is 0 Å². The monoisotopic (exact) mass is 348 g/mol. The fraction of sp³-hybridized carbons (Fsp3) is 0.688. The maximum Gasteiger partial charge on any atom is 0.315 e. The first-order chi connectivity index (χ1) is 12.3. The smallest absolute Gasteiger partial charge is 0.315 e. The molecule has 138 valence electrons. The van der Waals surface area contributed by atoms with Crippen molar-refractivity contribution in [3.05, 3.63) is 18.5 Å². The van der Waals surface area contributed by atoms with Crippen LogP contribution in [-0.2, 0) is 0 Å². The highest BCUT2D eigenvalue weighted by atomic mass is 16.2. The number of amides is 2. The standard InChI is InChI=1S/C16H28N8O/c25-16(22-14-12-20-21-13-14)19-4-1-2-7-23-8-10-24(11-9-23)15-17-5-3-6-18-15/h3,5-6,14,20-21H,1-2,4,7-13H2,(H2,19,22,25). The molecule has 3 heterocycles. The molecule has 1 aromatic rings. The van der Waals surface area contributed by atoms with E-state index in [1.165, 1.54) is 0 Å². The van der Waals surface area contributed by atoms with E-state index < -0.39 is 0 Å². The van der Waals surface area contributed by atoms with Crippen LogP contribution in [0.15, 0.2) is 18.5 Å². The molecule has 9 nitrogen and oxygen atoms in total. The van der Waals surface area contributed by atoms with Crippen LogP contribution >= 0.6 is 0 Å². The van der Waals surface area contributed by atoms with E-state index in [2.05, 4.69) is 41.3 Å². The minimum Gasteiger partial charge on any atom is -0.338 e. The van der Waals surface area contributed by atoms with Gasteiger partial charge in [-0.15, -0.1) is 0 Å². The normalized spacial score (nSPS) is 19.1. The molecule has 0 aromatic carbocycles. The summed E-state index contributed by atoms with van der Waals surface area (Å²) in [6.07, 6.45) is 5.67. The summed E-state index contributed by atoms with van der Waals surface area (Å²) in [6.45, 7) is 7.34. The molecule has 0 atom stereocenters. The van der Waals surface area contributed by atoms with Gasteiger partial charge in [-0.05, 0) is 25.5 Å². The SMILES string of the molecule is O=C(NCCCCN1CCN(c2ncccn2)CC1)NC1CNNC1. The van der Waals surface area contributed by atoms with Gasteiger partial charge in [0.25, 0.3) is 0 Å². The molecule has 3 rings (SSSR count). The zero-order valence-electron chi connectivity index (χ0n) is 14.6. The molecule has 2 aliphatic heterocycles. The molecular formula is C16H28N8O. The lowest BCUT2D eigenvalue weighted by Crippen LogP contribution is -2.47. The summed E-state index contributed by atoms with van der Waals surface area (Å²) in [6, 6.07) is 1.94. The summed E-state index contributed by atoms with van der Waals surface area (Å²) in [5, 5.41) is 5.86. The average molecular weight is 348 g/mol. The summed E-state index contributed by atoms with van der Waals surface area (Å²) in [5.41, 5.74) is 5.99. The predicted molar refractivity (Wildman–Crippen MR) is 96.2 cm³/mol. The van der Waals surface area contributed by atoms with E-state index in [0.717, 1.165) is 71.1 Å². The van der Waals surface area contributed by atoms with Crippen molar-refractivity contribution in [1.82, 2.24) is 36.4 Å². The Kier molecular flexibility index (Phi) is 6.78. The maximum absolute atomic E-state index is 11.7. The van der Waals surface area contributed by atoms with Crippen LogP contribution in [0.25, 0.3) is 0 Å². The number of carbonyl (C=O) groups is 1. The van der Waals surface area contributed by atoms with Gasteiger partial charge in [0, 0.05) is 58.2 Å². The van der Waals surface area contributed by atoms with Gasteiger partial charge in [-0.25, -0.2) is 14.8 Å². The predicted octanol–water partition coefficient (Wildman–Crippen LogP) is -0.846. The number of nitrogens with zero attached hydrogens (tertiary/aromatic N) is 4. The number of anilines is 1. The Morgan fingerprint density at radius 1 is 1.12 bits per heavy atom. The van der Waals surface area contributed by atoms with E-state index in [1.54, 1.807) is 12.4 Å². The summed E-state index contributed by atoms with van der Waals surface area (Å²) < 4.78 is 0. The lowest BCUT2D eigenvalue weighted by Gasteiger charge is -2.34. The minimum atomic E-state index is -0.0769. The number of hydrogen-bond donors (Lipinski definition) is 4. The summed E-state index contributed by atoms with van der Waals surface area (Å²) in [7, 11) is 0. The molecule has 0 aliphatic carbocycles. The molecule has 2 fully saturated rings. The highest BCUT2D eigenvalue weighted by Gasteiger charge is 2.18. The fourth-order valence-corrected chi connectivity index (χ4v) is 3.09. The number of carbonyl (C=O) groups excluding carboxylic acids is 1. The van der Waals surface area contributed by atoms with E-state index in [-0.39, 0.29) is 12.1 Å². The van der Waals surface area contributed by atoms with Crippen LogP contribution in [0, 0.1) is 0 Å². The van der Waals surface area contributed by atoms with Crippen molar-refractivity contribution in [2.75, 3.05) is 57.3 Å². The molecule has 2 amide bonds. The quantitative estimate of drug-likeness (QED) is 0.477. The lowest BCUT2D eigenvalue weighted by atomic mass is 10.2. The zero-order chi connectivity index (χ0) is 17.3. The number of aromatic nitrogens is 2. The Balaban J connectivity index is 1.22. The average Bonchev–Trinajstić information content (AvgIpc) is 3.15. The third-order valence-electron chi connectivity index (χ3n) is 4.55. The number of piperazine rings is 1. The van der Waals surface area contributed by atoms with E-state index in [1.807, 2.05) is 6.07 Å². The van der Waals surface area contributed by atoms with Crippen molar-refractivity contribution < 1.29 is 4.79 Å². The third kappa shape index (κ3) is 5.80. The first-order valence-corrected chi connectivity index (χ1v) is 9.05. The van der Waals surface area contributed by atoms with Gasteiger partial charge >= 0.3 is 6.03 Å². The van der Waals surface area contributed by atoms with Gasteiger partial charge in [0.1, 0.15) is 0 Å². The van der Waals surface area contributed by atoms with Gasteiger partial charge in [0.05, 0.1) is 6.04 Å². The number of hydrogen-bond acceptors (Lipinski definition) is 7. The second-order valence-corrected chi connectivity index (χ2v) is 6.44. The highest BCUT2D eigenvalue weighted by Crippen LogP contribution is 2.10. The largest absolute Gasteiger partial charge is 0.338 e. The molecule has 2 saturated heterocycles. The Hall–Kier alpha value is -1.97. The molecule has 0 radical (unpaired) electrons. The molecule has 9 heteroatoms. The zero-order valence-corrected chi connectivity index (χ0v) is 14.6. The van der Waals surface area contributed by atoms with Crippen molar-refractivity contribution in [1.29, 1.82) is 0 Å². The number of hydrazine groups is 1. The summed E-state index contributed by atoms with van der Waals surface area (Å²) in [4.78, 5) is 25.0. The van der Waals surface area contributed by atoms with Crippen molar-refractivity contribution in [3.8, 4) is 0 Å². The summed E-state index contributed by atoms with van der Waals surface area (Å²) in [5.74, 6) is 0.824. The second-order valence-electron chi connectivity index (χ2n) is 6.44. The topological polar surface area (TPSA) is 97.5 Å². The molecule has 0 spiro atoms. The van der Waals surface area contributed by atoms with E-state index in [0.29, 0.717) is 0 Å². The van der Waals surface area contributed by atoms with E-state index in [9.17, 15) is 4.79 Å². The van der Waals surface area contributed by atoms with Crippen LogP contribution in [0.2, 0.25) is 0 Å². The molecule has 2 aliphatic rings. The number of rotatable bonds is 7. The van der Waals surface area contributed by atoms with E-state index >= 15 is 0 Å². The fourth-order valence-electron chi connectivity index (χ4n) is 3.09. The van der Waals surface area contributed by atoms with Crippen molar-refractivity contribution in [2.45, 2.75) is 18.9 Å². The second kappa shape index (κ2) is 9.50. The van der Waals surface area contributed by atoms with Crippen LogP contribution in [0.5, 0.6) is 0 Å². The summed E-state index contributed by atoms with van der Waals surface area (Å²) >= 11 is 0. The van der Waals surface area contributed by atoms with Crippen molar-refractivity contribution in [2.24, 2.45) is 0 Å². The Bertz CT molecular complexity index is 514. The van der Waals surface area contributed by atoms with Gasteiger partial charge in [0.2, 0.25) is 5.95 Å². The van der Waals surface area contributed by atoms with Gasteiger partial charge in [-0.1, -0.05) is 0 Å². The van der Waals surface area contributed by atoms with Crippen molar-refractivity contribution >= 4 is 12.0 Å². The van der Waals surface area contributed by atoms with Gasteiger partial charge < -0.3 is 15.5 Å². The Morgan fingerprint density at radius 3 is 2.56 bits per heavy atom. The van der Waals surface area contributed by atoms with Crippen LogP contribution in [0.1, 0.15) is 12.8 Å². The Labute approximate surface area is 148 Å². The van der Waals surface area contributed by atoms with Crippen LogP contribution < -0.4 is 26.4 Å². The highest BCUT2D eigenvalue weighted by molar-refractivity contribution is 5.74. The molecule has 4 N–H and O–H groups in total. The number of nitrogens with one attached hydrogen (secondary N) is 4. The van der Waals surface area contributed by atoms with E-state index in [4.69, 9.17) is 0 Å². The first-order valence-electron chi connectivity index (χ1n) is 9.05. The van der Waals surface area contributed by atoms with Crippen LogP contribution in [-0.4, -0.2) is 79.3 Å². The van der Waals surface area contributed by atoms with Gasteiger partial charge in [-0.2, -0.15) is 0 Å². The van der Waals surface area contributed by atoms with Crippen LogP contribution in [0.4, 0.5) is 10.7 Å². The molecular weight excluding hydrogens is 320 g/mol. The van der Waals surface area contributed by atoms with Gasteiger partial charge in [-0.3, -0.25) is 15.8 Å². The Morgan fingerprint density at radius 2 is 1.84 bits per heavy atom. The molecule has 25 heavy (non-hydrogen) atoms. The molecule has 1 aromatic heterocycles. The molecule has 0 unspecified atom stereocenters. The maximum atomic E-state index is 11.7. The number of urea groups is 1.